The Bertz CT molecular complexity index is 371. The van der Waals surface area contributed by atoms with E-state index < -0.39 is 0 Å². The Labute approximate surface area is 116 Å². The lowest BCUT2D eigenvalue weighted by Crippen LogP contribution is -2.38. The third-order valence-corrected chi connectivity index (χ3v) is 4.19. The molecule has 1 aliphatic rings. The van der Waals surface area contributed by atoms with Gasteiger partial charge in [-0.15, -0.1) is 0 Å². The Morgan fingerprint density at radius 3 is 2.89 bits per heavy atom. The number of nitrogens with zero attached hydrogens (tertiary/aromatic N) is 2. The molecule has 19 heavy (non-hydrogen) atoms. The largest absolute Gasteiger partial charge is 0.378 e. The Morgan fingerprint density at radius 1 is 1.47 bits per heavy atom. The average Bonchev–Trinajstić information content (AvgIpc) is 2.82. The quantitative estimate of drug-likeness (QED) is 0.783. The Balaban J connectivity index is 1.78. The molecule has 0 radical (unpaired) electrons. The van der Waals surface area contributed by atoms with Crippen LogP contribution in [0.1, 0.15) is 38.9 Å². The zero-order valence-electron chi connectivity index (χ0n) is 12.4. The van der Waals surface area contributed by atoms with Gasteiger partial charge in [0.2, 0.25) is 0 Å². The summed E-state index contributed by atoms with van der Waals surface area (Å²) in [7, 11) is 2.06. The summed E-state index contributed by atoms with van der Waals surface area (Å²) in [4.78, 5) is 4.47. The molecule has 1 N–H and O–H groups in total. The minimum absolute atomic E-state index is 0.519. The maximum absolute atomic E-state index is 5.63. The van der Waals surface area contributed by atoms with Crippen molar-refractivity contribution in [3.63, 3.8) is 0 Å². The van der Waals surface area contributed by atoms with Crippen LogP contribution < -0.4 is 5.32 Å². The van der Waals surface area contributed by atoms with E-state index in [2.05, 4.69) is 42.0 Å². The van der Waals surface area contributed by atoms with Crippen LogP contribution in [0.3, 0.4) is 0 Å². The van der Waals surface area contributed by atoms with Crippen molar-refractivity contribution < 1.29 is 4.74 Å². The highest BCUT2D eigenvalue weighted by Gasteiger charge is 2.31. The van der Waals surface area contributed by atoms with Gasteiger partial charge in [-0.1, -0.05) is 0 Å². The maximum Gasteiger partial charge on any atom is 0.110 e. The van der Waals surface area contributed by atoms with Crippen molar-refractivity contribution in [3.8, 4) is 0 Å². The summed E-state index contributed by atoms with van der Waals surface area (Å²) in [6, 6.07) is 0.528. The lowest BCUT2D eigenvalue weighted by atomic mass is 9.77. The van der Waals surface area contributed by atoms with Crippen molar-refractivity contribution in [3.05, 3.63) is 18.2 Å². The molecule has 1 aromatic rings. The molecule has 1 unspecified atom stereocenters. The van der Waals surface area contributed by atoms with E-state index in [1.165, 1.54) is 25.1 Å². The summed E-state index contributed by atoms with van der Waals surface area (Å²) in [5, 5.41) is 3.44. The van der Waals surface area contributed by atoms with Gasteiger partial charge >= 0.3 is 0 Å². The van der Waals surface area contributed by atoms with E-state index in [-0.39, 0.29) is 0 Å². The van der Waals surface area contributed by atoms with Gasteiger partial charge in [0, 0.05) is 38.0 Å². The van der Waals surface area contributed by atoms with Gasteiger partial charge in [-0.05, 0) is 46.1 Å². The first kappa shape index (κ1) is 14.5. The first-order chi connectivity index (χ1) is 9.26. The molecular weight excluding hydrogens is 238 g/mol. The van der Waals surface area contributed by atoms with Crippen molar-refractivity contribution in [1.82, 2.24) is 14.9 Å². The SMILES string of the molecule is CCOC1CC(CC(Cc2nccn2CC)NC)C1. The number of hydrogen-bond donors (Lipinski definition) is 1. The molecule has 0 aromatic carbocycles. The number of aryl methyl sites for hydroxylation is 1. The highest BCUT2D eigenvalue weighted by Crippen LogP contribution is 2.33. The van der Waals surface area contributed by atoms with Gasteiger partial charge in [0.1, 0.15) is 5.82 Å². The van der Waals surface area contributed by atoms with Crippen LogP contribution in [0.4, 0.5) is 0 Å². The Morgan fingerprint density at radius 2 is 2.26 bits per heavy atom. The number of nitrogens with one attached hydrogen (secondary N) is 1. The molecule has 1 aromatic heterocycles. The van der Waals surface area contributed by atoms with Crippen LogP contribution in [0.15, 0.2) is 12.4 Å². The van der Waals surface area contributed by atoms with Crippen LogP contribution in [0.25, 0.3) is 0 Å². The fraction of sp³-hybridized carbons (Fsp3) is 0.800. The van der Waals surface area contributed by atoms with E-state index in [1.54, 1.807) is 0 Å². The fourth-order valence-corrected chi connectivity index (χ4v) is 2.98. The second-order valence-electron chi connectivity index (χ2n) is 5.47. The molecule has 0 aliphatic heterocycles. The summed E-state index contributed by atoms with van der Waals surface area (Å²) in [6.07, 6.45) is 9.20. The molecule has 0 amide bonds. The van der Waals surface area contributed by atoms with Crippen molar-refractivity contribution in [2.45, 2.75) is 58.2 Å². The van der Waals surface area contributed by atoms with Gasteiger partial charge < -0.3 is 14.6 Å². The molecular formula is C15H27N3O. The summed E-state index contributed by atoms with van der Waals surface area (Å²) >= 11 is 0. The van der Waals surface area contributed by atoms with Crippen molar-refractivity contribution in [2.75, 3.05) is 13.7 Å². The second-order valence-corrected chi connectivity index (χ2v) is 5.47. The van der Waals surface area contributed by atoms with Gasteiger partial charge in [0.15, 0.2) is 0 Å². The molecule has 108 valence electrons. The summed E-state index contributed by atoms with van der Waals surface area (Å²) in [5.41, 5.74) is 0. The Hall–Kier alpha value is -0.870. The third kappa shape index (κ3) is 3.80. The fourth-order valence-electron chi connectivity index (χ4n) is 2.98. The van der Waals surface area contributed by atoms with Crippen LogP contribution in [0.2, 0.25) is 0 Å². The molecule has 1 heterocycles. The predicted octanol–water partition coefficient (Wildman–Crippen LogP) is 2.24. The first-order valence-electron chi connectivity index (χ1n) is 7.55. The predicted molar refractivity (Wildman–Crippen MR) is 77.2 cm³/mol. The number of aromatic nitrogens is 2. The second kappa shape index (κ2) is 7.06. The average molecular weight is 265 g/mol. The van der Waals surface area contributed by atoms with Gasteiger partial charge in [0.05, 0.1) is 6.10 Å². The minimum atomic E-state index is 0.519. The van der Waals surface area contributed by atoms with Crippen LogP contribution in [-0.4, -0.2) is 35.4 Å². The topological polar surface area (TPSA) is 39.1 Å². The van der Waals surface area contributed by atoms with E-state index in [1.807, 2.05) is 6.20 Å². The van der Waals surface area contributed by atoms with E-state index in [4.69, 9.17) is 4.74 Å². The van der Waals surface area contributed by atoms with Crippen LogP contribution in [0, 0.1) is 5.92 Å². The monoisotopic (exact) mass is 265 g/mol. The van der Waals surface area contributed by atoms with Crippen LogP contribution in [0.5, 0.6) is 0 Å². The number of rotatable bonds is 8. The van der Waals surface area contributed by atoms with Gasteiger partial charge in [-0.25, -0.2) is 4.98 Å². The molecule has 0 bridgehead atoms. The molecule has 4 heteroatoms. The molecule has 1 saturated carbocycles. The summed E-state index contributed by atoms with van der Waals surface area (Å²) in [6.45, 7) is 6.09. The summed E-state index contributed by atoms with van der Waals surface area (Å²) in [5.74, 6) is 2.02. The highest BCUT2D eigenvalue weighted by atomic mass is 16.5. The third-order valence-electron chi connectivity index (χ3n) is 4.19. The lowest BCUT2D eigenvalue weighted by molar-refractivity contribution is -0.0289. The molecule has 1 atom stereocenters. The van der Waals surface area contributed by atoms with Gasteiger partial charge in [-0.2, -0.15) is 0 Å². The molecule has 4 nitrogen and oxygen atoms in total. The minimum Gasteiger partial charge on any atom is -0.378 e. The number of ether oxygens (including phenoxy) is 1. The summed E-state index contributed by atoms with van der Waals surface area (Å²) < 4.78 is 7.86. The first-order valence-corrected chi connectivity index (χ1v) is 7.55. The molecule has 2 rings (SSSR count). The number of hydrogen-bond acceptors (Lipinski definition) is 3. The standard InChI is InChI=1S/C15H27N3O/c1-4-18-7-6-17-15(18)11-13(16-3)8-12-9-14(10-12)19-5-2/h6-7,12-14,16H,4-5,8-11H2,1-3H3. The zero-order valence-corrected chi connectivity index (χ0v) is 12.4. The Kier molecular flexibility index (Phi) is 5.40. The normalized spacial score (nSPS) is 24.2. The lowest BCUT2D eigenvalue weighted by Gasteiger charge is -2.37. The zero-order chi connectivity index (χ0) is 13.7. The van der Waals surface area contributed by atoms with Crippen molar-refractivity contribution >= 4 is 0 Å². The van der Waals surface area contributed by atoms with Gasteiger partial charge in [0.25, 0.3) is 0 Å². The van der Waals surface area contributed by atoms with Crippen molar-refractivity contribution in [1.29, 1.82) is 0 Å². The van der Waals surface area contributed by atoms with E-state index in [0.29, 0.717) is 12.1 Å². The van der Waals surface area contributed by atoms with Crippen LogP contribution >= 0.6 is 0 Å². The maximum atomic E-state index is 5.63. The molecule has 0 saturated heterocycles. The number of imidazole rings is 1. The molecule has 1 aliphatic carbocycles. The smallest absolute Gasteiger partial charge is 0.110 e. The number of likely N-dealkylation sites (N-methyl/N-ethyl adjacent to an activating group) is 1. The van der Waals surface area contributed by atoms with E-state index >= 15 is 0 Å². The van der Waals surface area contributed by atoms with E-state index in [9.17, 15) is 0 Å². The van der Waals surface area contributed by atoms with Crippen molar-refractivity contribution in [2.24, 2.45) is 5.92 Å². The van der Waals surface area contributed by atoms with Crippen LogP contribution in [-0.2, 0) is 17.7 Å². The highest BCUT2D eigenvalue weighted by molar-refractivity contribution is 4.96. The molecule has 0 spiro atoms. The molecule has 1 fully saturated rings. The van der Waals surface area contributed by atoms with E-state index in [0.717, 1.165) is 25.5 Å². The van der Waals surface area contributed by atoms with Gasteiger partial charge in [-0.3, -0.25) is 0 Å².